The summed E-state index contributed by atoms with van der Waals surface area (Å²) >= 11 is 0. The smallest absolute Gasteiger partial charge is 0.275 e. The molecule has 8 nitrogen and oxygen atoms in total. The maximum absolute atomic E-state index is 14.1. The topological polar surface area (TPSA) is 86.3 Å². The first-order valence-electron chi connectivity index (χ1n) is 12.4. The standard InChI is InChI=1S/C28H38N2O6/c1-9-19-20(11-12-21-25(19)36-14-13-35-21)27(32)30(29-24(10-2)28(4,5)6)26(31)18-15-22(33-7)17(3)23(16-18)34-8/h11-12,15-16,24,29H,9-10,13-14H2,1-8H3. The third-order valence-corrected chi connectivity index (χ3v) is 6.54. The molecule has 2 aromatic carbocycles. The van der Waals surface area contributed by atoms with E-state index in [1.165, 1.54) is 14.2 Å². The number of hydrogen-bond acceptors (Lipinski definition) is 7. The van der Waals surface area contributed by atoms with Crippen LogP contribution in [0.15, 0.2) is 24.3 Å². The Morgan fingerprint density at radius 1 is 1.03 bits per heavy atom. The minimum atomic E-state index is -0.503. The third-order valence-electron chi connectivity index (χ3n) is 6.54. The maximum Gasteiger partial charge on any atom is 0.275 e. The molecule has 36 heavy (non-hydrogen) atoms. The molecule has 0 fully saturated rings. The second kappa shape index (κ2) is 11.2. The number of nitrogens with one attached hydrogen (secondary N) is 1. The minimum Gasteiger partial charge on any atom is -0.496 e. The number of benzene rings is 2. The van der Waals surface area contributed by atoms with E-state index in [4.69, 9.17) is 18.9 Å². The van der Waals surface area contributed by atoms with Gasteiger partial charge in [-0.15, -0.1) is 0 Å². The first kappa shape index (κ1) is 27.3. The Morgan fingerprint density at radius 3 is 2.17 bits per heavy atom. The highest BCUT2D eigenvalue weighted by atomic mass is 16.6. The largest absolute Gasteiger partial charge is 0.496 e. The van der Waals surface area contributed by atoms with Crippen molar-refractivity contribution in [2.75, 3.05) is 27.4 Å². The number of ether oxygens (including phenoxy) is 4. The predicted octanol–water partition coefficient (Wildman–Crippen LogP) is 4.96. The van der Waals surface area contributed by atoms with E-state index in [0.717, 1.165) is 10.6 Å². The van der Waals surface area contributed by atoms with Gasteiger partial charge >= 0.3 is 0 Å². The first-order chi connectivity index (χ1) is 17.1. The molecule has 1 aliphatic rings. The third kappa shape index (κ3) is 5.43. The van der Waals surface area contributed by atoms with Crippen LogP contribution in [0.25, 0.3) is 0 Å². The van der Waals surface area contributed by atoms with Crippen LogP contribution in [0.5, 0.6) is 23.0 Å². The quantitative estimate of drug-likeness (QED) is 0.407. The zero-order chi connectivity index (χ0) is 26.6. The average molecular weight is 499 g/mol. The molecule has 1 heterocycles. The molecule has 1 aliphatic heterocycles. The summed E-state index contributed by atoms with van der Waals surface area (Å²) in [6.45, 7) is 12.9. The maximum atomic E-state index is 14.1. The highest BCUT2D eigenvalue weighted by Gasteiger charge is 2.34. The molecule has 0 saturated heterocycles. The fourth-order valence-corrected chi connectivity index (χ4v) is 4.45. The number of imide groups is 1. The van der Waals surface area contributed by atoms with Crippen molar-refractivity contribution < 1.29 is 28.5 Å². The van der Waals surface area contributed by atoms with Gasteiger partial charge in [-0.05, 0) is 49.4 Å². The normalized spacial score (nSPS) is 13.7. The van der Waals surface area contributed by atoms with Crippen LogP contribution in [-0.4, -0.2) is 50.3 Å². The monoisotopic (exact) mass is 498 g/mol. The predicted molar refractivity (Wildman–Crippen MR) is 138 cm³/mol. The number of fused-ring (bicyclic) bond motifs is 1. The Morgan fingerprint density at radius 2 is 1.64 bits per heavy atom. The fourth-order valence-electron chi connectivity index (χ4n) is 4.45. The van der Waals surface area contributed by atoms with Gasteiger partial charge in [-0.25, -0.2) is 10.4 Å². The lowest BCUT2D eigenvalue weighted by atomic mass is 9.85. The summed E-state index contributed by atoms with van der Waals surface area (Å²) in [5.41, 5.74) is 5.16. The van der Waals surface area contributed by atoms with Crippen LogP contribution in [-0.2, 0) is 6.42 Å². The minimum absolute atomic E-state index is 0.151. The average Bonchev–Trinajstić information content (AvgIpc) is 2.87. The number of carbonyl (C=O) groups is 2. The second-order valence-corrected chi connectivity index (χ2v) is 9.88. The Bertz CT molecular complexity index is 1100. The van der Waals surface area contributed by atoms with Crippen LogP contribution in [0.3, 0.4) is 0 Å². The van der Waals surface area contributed by atoms with E-state index in [9.17, 15) is 9.59 Å². The molecule has 0 bridgehead atoms. The number of hydrazine groups is 1. The van der Waals surface area contributed by atoms with Crippen molar-refractivity contribution >= 4 is 11.8 Å². The van der Waals surface area contributed by atoms with Crippen molar-refractivity contribution in [1.82, 2.24) is 10.4 Å². The summed E-state index contributed by atoms with van der Waals surface area (Å²) in [7, 11) is 3.07. The molecule has 0 aromatic heterocycles. The summed E-state index contributed by atoms with van der Waals surface area (Å²) in [6.07, 6.45) is 1.25. The van der Waals surface area contributed by atoms with E-state index in [0.29, 0.717) is 60.2 Å². The number of hydrogen-bond donors (Lipinski definition) is 1. The van der Waals surface area contributed by atoms with Crippen LogP contribution in [0.2, 0.25) is 0 Å². The number of carbonyl (C=O) groups excluding carboxylic acids is 2. The van der Waals surface area contributed by atoms with Gasteiger partial charge in [0.2, 0.25) is 0 Å². The van der Waals surface area contributed by atoms with E-state index in [1.807, 2.05) is 20.8 Å². The number of rotatable bonds is 8. The molecule has 0 saturated carbocycles. The molecule has 0 spiro atoms. The molecule has 2 aromatic rings. The number of nitrogens with zero attached hydrogens (tertiary/aromatic N) is 1. The molecular weight excluding hydrogens is 460 g/mol. The Hall–Kier alpha value is -3.26. The number of methoxy groups -OCH3 is 2. The summed E-state index contributed by atoms with van der Waals surface area (Å²) in [5, 5.41) is 1.12. The van der Waals surface area contributed by atoms with Gasteiger partial charge in [0, 0.05) is 28.3 Å². The summed E-state index contributed by atoms with van der Waals surface area (Å²) in [6, 6.07) is 6.53. The van der Waals surface area contributed by atoms with Crippen molar-refractivity contribution in [3.8, 4) is 23.0 Å². The lowest BCUT2D eigenvalue weighted by molar-refractivity contribution is 0.0428. The van der Waals surface area contributed by atoms with Crippen molar-refractivity contribution in [1.29, 1.82) is 0 Å². The second-order valence-electron chi connectivity index (χ2n) is 9.88. The van der Waals surface area contributed by atoms with Gasteiger partial charge in [0.05, 0.1) is 14.2 Å². The first-order valence-corrected chi connectivity index (χ1v) is 12.4. The van der Waals surface area contributed by atoms with Crippen LogP contribution in [0, 0.1) is 12.3 Å². The molecule has 1 unspecified atom stereocenters. The molecule has 3 rings (SSSR count). The van der Waals surface area contributed by atoms with Gasteiger partial charge in [0.15, 0.2) is 11.5 Å². The lowest BCUT2D eigenvalue weighted by Crippen LogP contribution is -2.55. The van der Waals surface area contributed by atoms with E-state index in [1.54, 1.807) is 24.3 Å². The zero-order valence-electron chi connectivity index (χ0n) is 22.6. The van der Waals surface area contributed by atoms with Crippen molar-refractivity contribution in [3.63, 3.8) is 0 Å². The molecule has 0 aliphatic carbocycles. The molecule has 0 radical (unpaired) electrons. The molecule has 8 heteroatoms. The fraction of sp³-hybridized carbons (Fsp3) is 0.500. The van der Waals surface area contributed by atoms with Crippen LogP contribution in [0.1, 0.15) is 72.9 Å². The van der Waals surface area contributed by atoms with Crippen molar-refractivity contribution in [2.24, 2.45) is 5.41 Å². The Balaban J connectivity index is 2.13. The molecule has 1 atom stereocenters. The zero-order valence-corrected chi connectivity index (χ0v) is 22.6. The lowest BCUT2D eigenvalue weighted by Gasteiger charge is -2.35. The molecule has 1 N–H and O–H groups in total. The molecular formula is C28H38N2O6. The van der Waals surface area contributed by atoms with Gasteiger partial charge in [0.1, 0.15) is 24.7 Å². The number of amides is 2. The van der Waals surface area contributed by atoms with Gasteiger partial charge in [-0.1, -0.05) is 34.6 Å². The van der Waals surface area contributed by atoms with Crippen LogP contribution < -0.4 is 24.4 Å². The Labute approximate surface area is 213 Å². The van der Waals surface area contributed by atoms with Gasteiger partial charge < -0.3 is 18.9 Å². The van der Waals surface area contributed by atoms with Gasteiger partial charge in [-0.2, -0.15) is 0 Å². The van der Waals surface area contributed by atoms with Gasteiger partial charge in [0.25, 0.3) is 11.8 Å². The molecule has 196 valence electrons. The van der Waals surface area contributed by atoms with Crippen molar-refractivity contribution in [2.45, 2.75) is 60.4 Å². The van der Waals surface area contributed by atoms with E-state index < -0.39 is 11.8 Å². The summed E-state index contributed by atoms with van der Waals surface area (Å²) in [5.74, 6) is 1.20. The van der Waals surface area contributed by atoms with Crippen molar-refractivity contribution in [3.05, 3.63) is 46.5 Å². The summed E-state index contributed by atoms with van der Waals surface area (Å²) < 4.78 is 22.5. The highest BCUT2D eigenvalue weighted by molar-refractivity contribution is 6.11. The Kier molecular flexibility index (Phi) is 8.51. The van der Waals surface area contributed by atoms with Gasteiger partial charge in [-0.3, -0.25) is 9.59 Å². The van der Waals surface area contributed by atoms with Crippen LogP contribution >= 0.6 is 0 Å². The van der Waals surface area contributed by atoms with E-state index >= 15 is 0 Å². The SMILES string of the molecule is CCc1c(C(=O)N(NC(CC)C(C)(C)C)C(=O)c2cc(OC)c(C)c(OC)c2)ccc2c1OCCO2. The van der Waals surface area contributed by atoms with Crippen LogP contribution in [0.4, 0.5) is 0 Å². The summed E-state index contributed by atoms with van der Waals surface area (Å²) in [4.78, 5) is 28.0. The van der Waals surface area contributed by atoms with E-state index in [2.05, 4.69) is 26.2 Å². The molecule has 2 amide bonds. The van der Waals surface area contributed by atoms with E-state index in [-0.39, 0.29) is 17.0 Å². The highest BCUT2D eigenvalue weighted by Crippen LogP contribution is 2.37.